The summed E-state index contributed by atoms with van der Waals surface area (Å²) in [5, 5.41) is 13.6. The number of halogens is 1. The van der Waals surface area contributed by atoms with Gasteiger partial charge in [-0.15, -0.1) is 0 Å². The average Bonchev–Trinajstić information content (AvgIpc) is 2.79. The highest BCUT2D eigenvalue weighted by Gasteiger charge is 2.26. The van der Waals surface area contributed by atoms with Gasteiger partial charge >= 0.3 is 0 Å². The van der Waals surface area contributed by atoms with E-state index in [1.54, 1.807) is 12.1 Å². The van der Waals surface area contributed by atoms with E-state index in [0.29, 0.717) is 18.5 Å². The average molecular weight is 283 g/mol. The summed E-state index contributed by atoms with van der Waals surface area (Å²) in [4.78, 5) is 0. The number of aryl methyl sites for hydroxylation is 1. The van der Waals surface area contributed by atoms with Crippen molar-refractivity contribution < 1.29 is 4.39 Å². The van der Waals surface area contributed by atoms with Crippen molar-refractivity contribution in [3.63, 3.8) is 0 Å². The number of nitrogens with zero attached hydrogens (tertiary/aromatic N) is 3. The SMILES string of the molecule is Cc1nn(Cc2ccccc2F)c2c1C(CC#N)CCC2. The van der Waals surface area contributed by atoms with Gasteiger partial charge in [0, 0.05) is 29.2 Å². The van der Waals surface area contributed by atoms with Crippen molar-refractivity contribution in [2.45, 2.75) is 45.1 Å². The summed E-state index contributed by atoms with van der Waals surface area (Å²) < 4.78 is 15.8. The van der Waals surface area contributed by atoms with Crippen LogP contribution in [0.2, 0.25) is 0 Å². The van der Waals surface area contributed by atoms with Crippen molar-refractivity contribution in [2.75, 3.05) is 0 Å². The van der Waals surface area contributed by atoms with E-state index in [9.17, 15) is 4.39 Å². The Balaban J connectivity index is 1.97. The molecule has 1 unspecified atom stereocenters. The normalized spacial score (nSPS) is 17.3. The summed E-state index contributed by atoms with van der Waals surface area (Å²) in [6.45, 7) is 2.45. The second-order valence-corrected chi connectivity index (χ2v) is 5.65. The molecule has 1 aliphatic carbocycles. The molecule has 0 amide bonds. The molecule has 0 fully saturated rings. The van der Waals surface area contributed by atoms with Crippen molar-refractivity contribution in [2.24, 2.45) is 0 Å². The highest BCUT2D eigenvalue weighted by molar-refractivity contribution is 5.33. The lowest BCUT2D eigenvalue weighted by molar-refractivity contribution is 0.524. The number of rotatable bonds is 3. The second kappa shape index (κ2) is 5.69. The first kappa shape index (κ1) is 13.8. The molecule has 1 aliphatic rings. The summed E-state index contributed by atoms with van der Waals surface area (Å²) in [7, 11) is 0. The quantitative estimate of drug-likeness (QED) is 0.861. The number of hydrogen-bond acceptors (Lipinski definition) is 2. The van der Waals surface area contributed by atoms with Gasteiger partial charge in [-0.25, -0.2) is 4.39 Å². The Labute approximate surface area is 124 Å². The Morgan fingerprint density at radius 1 is 1.43 bits per heavy atom. The minimum Gasteiger partial charge on any atom is -0.264 e. The molecule has 4 heteroatoms. The predicted molar refractivity (Wildman–Crippen MR) is 78.4 cm³/mol. The van der Waals surface area contributed by atoms with Gasteiger partial charge < -0.3 is 0 Å². The van der Waals surface area contributed by atoms with Gasteiger partial charge in [0.25, 0.3) is 0 Å². The first-order valence-electron chi connectivity index (χ1n) is 7.37. The third kappa shape index (κ3) is 2.56. The predicted octanol–water partition coefficient (Wildman–Crippen LogP) is 3.71. The highest BCUT2D eigenvalue weighted by Crippen LogP contribution is 2.36. The molecule has 0 saturated heterocycles. The van der Waals surface area contributed by atoms with Crippen LogP contribution >= 0.6 is 0 Å². The van der Waals surface area contributed by atoms with Gasteiger partial charge in [-0.3, -0.25) is 4.68 Å². The molecule has 2 aromatic rings. The minimum atomic E-state index is -0.191. The topological polar surface area (TPSA) is 41.6 Å². The molecule has 0 bridgehead atoms. The molecule has 1 aromatic heterocycles. The Bertz CT molecular complexity index is 697. The molecule has 0 N–H and O–H groups in total. The molecule has 21 heavy (non-hydrogen) atoms. The van der Waals surface area contributed by atoms with Gasteiger partial charge in [-0.1, -0.05) is 18.2 Å². The highest BCUT2D eigenvalue weighted by atomic mass is 19.1. The Kier molecular flexibility index (Phi) is 3.74. The molecule has 0 radical (unpaired) electrons. The van der Waals surface area contributed by atoms with E-state index >= 15 is 0 Å². The van der Waals surface area contributed by atoms with Crippen LogP contribution in [0.5, 0.6) is 0 Å². The molecule has 3 nitrogen and oxygen atoms in total. The van der Waals surface area contributed by atoms with E-state index < -0.39 is 0 Å². The lowest BCUT2D eigenvalue weighted by Crippen LogP contribution is -2.14. The van der Waals surface area contributed by atoms with Crippen LogP contribution in [0, 0.1) is 24.1 Å². The second-order valence-electron chi connectivity index (χ2n) is 5.65. The zero-order valence-corrected chi connectivity index (χ0v) is 12.1. The molecule has 108 valence electrons. The molecule has 0 spiro atoms. The van der Waals surface area contributed by atoms with E-state index in [4.69, 9.17) is 5.26 Å². The molecule has 1 heterocycles. The fourth-order valence-electron chi connectivity index (χ4n) is 3.33. The Hall–Kier alpha value is -2.15. The maximum absolute atomic E-state index is 13.8. The van der Waals surface area contributed by atoms with Crippen molar-refractivity contribution in [1.82, 2.24) is 9.78 Å². The van der Waals surface area contributed by atoms with Crippen molar-refractivity contribution >= 4 is 0 Å². The Morgan fingerprint density at radius 3 is 3.00 bits per heavy atom. The van der Waals surface area contributed by atoms with Gasteiger partial charge in [-0.2, -0.15) is 10.4 Å². The van der Waals surface area contributed by atoms with Crippen LogP contribution in [0.25, 0.3) is 0 Å². The fourth-order valence-corrected chi connectivity index (χ4v) is 3.33. The van der Waals surface area contributed by atoms with Gasteiger partial charge in [0.2, 0.25) is 0 Å². The van der Waals surface area contributed by atoms with Crippen LogP contribution in [0.15, 0.2) is 24.3 Å². The molecule has 0 aliphatic heterocycles. The number of benzene rings is 1. The summed E-state index contributed by atoms with van der Waals surface area (Å²) in [5.41, 5.74) is 4.05. The molecular weight excluding hydrogens is 265 g/mol. The van der Waals surface area contributed by atoms with Gasteiger partial charge in [0.15, 0.2) is 0 Å². The van der Waals surface area contributed by atoms with Crippen LogP contribution < -0.4 is 0 Å². The largest absolute Gasteiger partial charge is 0.264 e. The maximum Gasteiger partial charge on any atom is 0.128 e. The van der Waals surface area contributed by atoms with E-state index in [0.717, 1.165) is 25.0 Å². The first-order valence-corrected chi connectivity index (χ1v) is 7.37. The number of hydrogen-bond donors (Lipinski definition) is 0. The third-order valence-electron chi connectivity index (χ3n) is 4.27. The molecule has 0 saturated carbocycles. The fraction of sp³-hybridized carbons (Fsp3) is 0.412. The smallest absolute Gasteiger partial charge is 0.128 e. The van der Waals surface area contributed by atoms with E-state index in [1.165, 1.54) is 17.3 Å². The zero-order valence-electron chi connectivity index (χ0n) is 12.1. The number of aromatic nitrogens is 2. The van der Waals surface area contributed by atoms with Crippen molar-refractivity contribution in [3.8, 4) is 6.07 Å². The zero-order chi connectivity index (χ0) is 14.8. The standard InChI is InChI=1S/C17H18FN3/c1-12-17-13(9-10-19)6-4-8-16(17)21(20-12)11-14-5-2-3-7-15(14)18/h2-3,5,7,13H,4,6,8-9,11H2,1H3. The molecule has 1 atom stereocenters. The molecule has 1 aromatic carbocycles. The maximum atomic E-state index is 13.8. The summed E-state index contributed by atoms with van der Waals surface area (Å²) >= 11 is 0. The summed E-state index contributed by atoms with van der Waals surface area (Å²) in [6, 6.07) is 9.11. The van der Waals surface area contributed by atoms with Crippen LogP contribution in [0.4, 0.5) is 4.39 Å². The van der Waals surface area contributed by atoms with E-state index in [-0.39, 0.29) is 11.7 Å². The molecular formula is C17H18FN3. The van der Waals surface area contributed by atoms with E-state index in [1.807, 2.05) is 17.7 Å². The van der Waals surface area contributed by atoms with Crippen LogP contribution in [0.1, 0.15) is 47.7 Å². The van der Waals surface area contributed by atoms with Crippen LogP contribution in [0.3, 0.4) is 0 Å². The van der Waals surface area contributed by atoms with Crippen molar-refractivity contribution in [3.05, 3.63) is 52.6 Å². The lowest BCUT2D eigenvalue weighted by Gasteiger charge is -2.21. The van der Waals surface area contributed by atoms with Gasteiger partial charge in [-0.05, 0) is 32.3 Å². The van der Waals surface area contributed by atoms with Crippen LogP contribution in [-0.2, 0) is 13.0 Å². The third-order valence-corrected chi connectivity index (χ3v) is 4.27. The Morgan fingerprint density at radius 2 is 2.24 bits per heavy atom. The van der Waals surface area contributed by atoms with Gasteiger partial charge in [0.1, 0.15) is 5.82 Å². The number of fused-ring (bicyclic) bond motifs is 1. The van der Waals surface area contributed by atoms with Gasteiger partial charge in [0.05, 0.1) is 18.3 Å². The molecule has 3 rings (SSSR count). The monoisotopic (exact) mass is 283 g/mol. The van der Waals surface area contributed by atoms with Crippen LogP contribution in [-0.4, -0.2) is 9.78 Å². The van der Waals surface area contributed by atoms with Crippen molar-refractivity contribution in [1.29, 1.82) is 5.26 Å². The first-order chi connectivity index (χ1) is 10.2. The lowest BCUT2D eigenvalue weighted by atomic mass is 9.83. The summed E-state index contributed by atoms with van der Waals surface area (Å²) in [6.07, 6.45) is 3.63. The van der Waals surface area contributed by atoms with E-state index in [2.05, 4.69) is 11.2 Å². The summed E-state index contributed by atoms with van der Waals surface area (Å²) in [5.74, 6) is 0.0944. The number of nitriles is 1. The minimum absolute atomic E-state index is 0.191.